The molecule has 1 aliphatic heterocycles. The van der Waals surface area contributed by atoms with Gasteiger partial charge in [0.05, 0.1) is 18.8 Å². The highest BCUT2D eigenvalue weighted by Gasteiger charge is 2.33. The maximum absolute atomic E-state index is 11.4. The molecule has 0 aromatic heterocycles. The first-order valence-electron chi connectivity index (χ1n) is 5.83. The predicted octanol–water partition coefficient (Wildman–Crippen LogP) is 1.97. The van der Waals surface area contributed by atoms with Crippen molar-refractivity contribution >= 4 is 5.97 Å². The third kappa shape index (κ3) is 4.11. The molecule has 0 aliphatic carbocycles. The number of esters is 1. The number of ether oxygens (including phenoxy) is 2. The molecule has 1 aliphatic rings. The van der Waals surface area contributed by atoms with Gasteiger partial charge in [-0.1, -0.05) is 6.58 Å². The van der Waals surface area contributed by atoms with Gasteiger partial charge in [0.2, 0.25) is 0 Å². The Morgan fingerprint density at radius 2 is 2.29 bits per heavy atom. The van der Waals surface area contributed by atoms with Crippen molar-refractivity contribution in [1.82, 2.24) is 0 Å². The van der Waals surface area contributed by atoms with Crippen molar-refractivity contribution < 1.29 is 24.0 Å². The second-order valence-electron chi connectivity index (χ2n) is 4.15. The summed E-state index contributed by atoms with van der Waals surface area (Å²) in [6.45, 7) is 9.81. The van der Waals surface area contributed by atoms with Crippen LogP contribution in [0.3, 0.4) is 0 Å². The monoisotopic (exact) mass is 244 g/mol. The zero-order valence-corrected chi connectivity index (χ0v) is 10.7. The molecule has 0 aromatic carbocycles. The Labute approximate surface area is 102 Å². The Hall–Kier alpha value is -0.910. The average Bonchev–Trinajstić information content (AvgIpc) is 2.73. The molecule has 2 unspecified atom stereocenters. The molecule has 5 nitrogen and oxygen atoms in total. The molecule has 2 atom stereocenters. The molecule has 1 saturated heterocycles. The van der Waals surface area contributed by atoms with Gasteiger partial charge in [-0.25, -0.2) is 14.6 Å². The van der Waals surface area contributed by atoms with Crippen LogP contribution in [0, 0.1) is 0 Å². The molecule has 17 heavy (non-hydrogen) atoms. The largest absolute Gasteiger partial charge is 0.463 e. The molecule has 0 saturated carbocycles. The van der Waals surface area contributed by atoms with Gasteiger partial charge in [0.1, 0.15) is 6.10 Å². The number of carbonyl (C=O) groups is 1. The van der Waals surface area contributed by atoms with Crippen molar-refractivity contribution in [2.24, 2.45) is 0 Å². The summed E-state index contributed by atoms with van der Waals surface area (Å²) < 4.78 is 10.2. The van der Waals surface area contributed by atoms with Crippen LogP contribution in [-0.4, -0.2) is 31.1 Å². The normalized spacial score (nSPS) is 25.6. The quantitative estimate of drug-likeness (QED) is 0.309. The van der Waals surface area contributed by atoms with Gasteiger partial charge >= 0.3 is 5.97 Å². The standard InChI is InChI=1S/C12H20O5/c1-5-14-11(13)9(2)10(3)16-17-12(4)7-6-8-15-12/h10H,2,5-8H2,1,3-4H3. The fourth-order valence-corrected chi connectivity index (χ4v) is 1.44. The lowest BCUT2D eigenvalue weighted by molar-refractivity contribution is -0.424. The predicted molar refractivity (Wildman–Crippen MR) is 61.0 cm³/mol. The summed E-state index contributed by atoms with van der Waals surface area (Å²) in [5.41, 5.74) is 0.230. The number of carbonyl (C=O) groups excluding carboxylic acids is 1. The second-order valence-corrected chi connectivity index (χ2v) is 4.15. The molecule has 1 fully saturated rings. The van der Waals surface area contributed by atoms with E-state index in [0.717, 1.165) is 12.8 Å². The highest BCUT2D eigenvalue weighted by Crippen LogP contribution is 2.27. The van der Waals surface area contributed by atoms with E-state index in [9.17, 15) is 4.79 Å². The number of hydrogen-bond donors (Lipinski definition) is 0. The first-order chi connectivity index (χ1) is 7.98. The molecule has 0 spiro atoms. The lowest BCUT2D eigenvalue weighted by Gasteiger charge is -2.24. The van der Waals surface area contributed by atoms with Crippen LogP contribution < -0.4 is 0 Å². The minimum atomic E-state index is -0.719. The van der Waals surface area contributed by atoms with Crippen molar-refractivity contribution in [3.8, 4) is 0 Å². The Morgan fingerprint density at radius 3 is 2.82 bits per heavy atom. The highest BCUT2D eigenvalue weighted by atomic mass is 17.2. The SMILES string of the molecule is C=C(C(=O)OCC)C(C)OOC1(C)CCCO1. The molecule has 0 bridgehead atoms. The first-order valence-corrected chi connectivity index (χ1v) is 5.83. The van der Waals surface area contributed by atoms with Crippen LogP contribution in [0.1, 0.15) is 33.6 Å². The van der Waals surface area contributed by atoms with Crippen LogP contribution in [0.25, 0.3) is 0 Å². The third-order valence-corrected chi connectivity index (χ3v) is 2.58. The molecule has 98 valence electrons. The van der Waals surface area contributed by atoms with Gasteiger partial charge in [0, 0.05) is 6.42 Å². The summed E-state index contributed by atoms with van der Waals surface area (Å²) in [5.74, 6) is -1.19. The van der Waals surface area contributed by atoms with E-state index in [1.807, 2.05) is 0 Å². The van der Waals surface area contributed by atoms with Crippen LogP contribution in [0.4, 0.5) is 0 Å². The second kappa shape index (κ2) is 6.14. The van der Waals surface area contributed by atoms with E-state index in [-0.39, 0.29) is 5.57 Å². The fourth-order valence-electron chi connectivity index (χ4n) is 1.44. The summed E-state index contributed by atoms with van der Waals surface area (Å²) in [6.07, 6.45) is 1.15. The lowest BCUT2D eigenvalue weighted by Crippen LogP contribution is -2.30. The van der Waals surface area contributed by atoms with Gasteiger partial charge in [-0.2, -0.15) is 0 Å². The van der Waals surface area contributed by atoms with Gasteiger partial charge in [-0.05, 0) is 27.2 Å². The molecule has 0 amide bonds. The Balaban J connectivity index is 2.35. The Morgan fingerprint density at radius 1 is 1.59 bits per heavy atom. The third-order valence-electron chi connectivity index (χ3n) is 2.58. The molecular formula is C12H20O5. The summed E-state index contributed by atoms with van der Waals surface area (Å²) in [6, 6.07) is 0. The van der Waals surface area contributed by atoms with E-state index in [1.165, 1.54) is 0 Å². The summed E-state index contributed by atoms with van der Waals surface area (Å²) in [7, 11) is 0. The van der Waals surface area contributed by atoms with Crippen LogP contribution in [0.2, 0.25) is 0 Å². The van der Waals surface area contributed by atoms with Crippen LogP contribution >= 0.6 is 0 Å². The molecular weight excluding hydrogens is 224 g/mol. The summed E-state index contributed by atoms with van der Waals surface area (Å²) in [5, 5.41) is 0. The van der Waals surface area contributed by atoms with Gasteiger partial charge in [-0.15, -0.1) is 0 Å². The topological polar surface area (TPSA) is 54.0 Å². The van der Waals surface area contributed by atoms with Crippen molar-refractivity contribution in [2.75, 3.05) is 13.2 Å². The minimum Gasteiger partial charge on any atom is -0.463 e. The first kappa shape index (κ1) is 14.2. The van der Waals surface area contributed by atoms with E-state index < -0.39 is 17.9 Å². The number of hydrogen-bond acceptors (Lipinski definition) is 5. The van der Waals surface area contributed by atoms with Gasteiger partial charge in [0.25, 0.3) is 0 Å². The van der Waals surface area contributed by atoms with E-state index in [4.69, 9.17) is 19.2 Å². The highest BCUT2D eigenvalue weighted by molar-refractivity contribution is 5.88. The molecule has 5 heteroatoms. The summed E-state index contributed by atoms with van der Waals surface area (Å²) >= 11 is 0. The maximum atomic E-state index is 11.4. The summed E-state index contributed by atoms with van der Waals surface area (Å²) in [4.78, 5) is 21.7. The van der Waals surface area contributed by atoms with Crippen molar-refractivity contribution in [3.63, 3.8) is 0 Å². The van der Waals surface area contributed by atoms with E-state index >= 15 is 0 Å². The van der Waals surface area contributed by atoms with E-state index in [0.29, 0.717) is 13.2 Å². The zero-order chi connectivity index (χ0) is 12.9. The molecule has 0 radical (unpaired) electrons. The lowest BCUT2D eigenvalue weighted by atomic mass is 10.2. The van der Waals surface area contributed by atoms with Crippen molar-refractivity contribution in [3.05, 3.63) is 12.2 Å². The molecule has 1 heterocycles. The average molecular weight is 244 g/mol. The van der Waals surface area contributed by atoms with Crippen LogP contribution in [-0.2, 0) is 24.0 Å². The zero-order valence-electron chi connectivity index (χ0n) is 10.7. The molecule has 1 rings (SSSR count). The minimum absolute atomic E-state index is 0.230. The Kier molecular flexibility index (Phi) is 5.11. The van der Waals surface area contributed by atoms with Gasteiger partial charge < -0.3 is 9.47 Å². The maximum Gasteiger partial charge on any atom is 0.336 e. The fraction of sp³-hybridized carbons (Fsp3) is 0.750. The Bertz CT molecular complexity index is 281. The van der Waals surface area contributed by atoms with Crippen molar-refractivity contribution in [2.45, 2.75) is 45.5 Å². The van der Waals surface area contributed by atoms with Crippen LogP contribution in [0.5, 0.6) is 0 Å². The van der Waals surface area contributed by atoms with E-state index in [2.05, 4.69) is 6.58 Å². The van der Waals surface area contributed by atoms with Crippen LogP contribution in [0.15, 0.2) is 12.2 Å². The van der Waals surface area contributed by atoms with E-state index in [1.54, 1.807) is 20.8 Å². The van der Waals surface area contributed by atoms with Gasteiger partial charge in [-0.3, -0.25) is 0 Å². The van der Waals surface area contributed by atoms with Crippen molar-refractivity contribution in [1.29, 1.82) is 0 Å². The molecule has 0 aromatic rings. The smallest absolute Gasteiger partial charge is 0.336 e. The molecule has 0 N–H and O–H groups in total. The van der Waals surface area contributed by atoms with Gasteiger partial charge in [0.15, 0.2) is 5.79 Å². The number of rotatable bonds is 6.